The fraction of sp³-hybridized carbons (Fsp3) is 0.412. The van der Waals surface area contributed by atoms with E-state index in [2.05, 4.69) is 0 Å². The van der Waals surface area contributed by atoms with Crippen LogP contribution >= 0.6 is 0 Å². The van der Waals surface area contributed by atoms with Crippen LogP contribution in [-0.2, 0) is 17.6 Å². The Morgan fingerprint density at radius 2 is 1.96 bits per heavy atom. The standard InChI is InChI=1S/C17H18O6/c1-9(16(18)19)22-15-13(21-2)8-7-11-10-5-3-4-6-12(10)17(20)23-14(11)15/h7-9H,3-6H2,1-2H3,(H,18,19)/t9-/m0/s1. The Labute approximate surface area is 132 Å². The lowest BCUT2D eigenvalue weighted by Crippen LogP contribution is -2.23. The Morgan fingerprint density at radius 3 is 2.61 bits per heavy atom. The van der Waals surface area contributed by atoms with Crippen LogP contribution < -0.4 is 15.1 Å². The third-order valence-corrected chi connectivity index (χ3v) is 4.17. The second-order valence-corrected chi connectivity index (χ2v) is 5.63. The van der Waals surface area contributed by atoms with Crippen LogP contribution in [0, 0.1) is 0 Å². The smallest absolute Gasteiger partial charge is 0.344 e. The van der Waals surface area contributed by atoms with Gasteiger partial charge in [0.2, 0.25) is 5.75 Å². The number of hydrogen-bond donors (Lipinski definition) is 1. The number of aliphatic carboxylic acids is 1. The highest BCUT2D eigenvalue weighted by Crippen LogP contribution is 2.38. The van der Waals surface area contributed by atoms with E-state index in [0.29, 0.717) is 17.7 Å². The van der Waals surface area contributed by atoms with Crippen molar-refractivity contribution >= 4 is 16.9 Å². The number of carboxylic acid groups (broad SMARTS) is 1. The highest BCUT2D eigenvalue weighted by Gasteiger charge is 2.24. The van der Waals surface area contributed by atoms with Crippen molar-refractivity contribution in [1.82, 2.24) is 0 Å². The van der Waals surface area contributed by atoms with Gasteiger partial charge in [-0.15, -0.1) is 0 Å². The van der Waals surface area contributed by atoms with Crippen LogP contribution in [0.15, 0.2) is 21.3 Å². The normalized spacial score (nSPS) is 15.0. The van der Waals surface area contributed by atoms with Gasteiger partial charge >= 0.3 is 11.6 Å². The van der Waals surface area contributed by atoms with E-state index in [1.165, 1.54) is 14.0 Å². The van der Waals surface area contributed by atoms with Crippen molar-refractivity contribution in [2.75, 3.05) is 7.11 Å². The predicted octanol–water partition coefficient (Wildman–Crippen LogP) is 2.53. The van der Waals surface area contributed by atoms with Gasteiger partial charge in [0.15, 0.2) is 17.4 Å². The SMILES string of the molecule is COc1ccc2c3c(c(=O)oc2c1O[C@@H](C)C(=O)O)CCCC3. The molecule has 6 nitrogen and oxygen atoms in total. The van der Waals surface area contributed by atoms with E-state index >= 15 is 0 Å². The Bertz CT molecular complexity index is 820. The van der Waals surface area contributed by atoms with Gasteiger partial charge in [0.05, 0.1) is 7.11 Å². The van der Waals surface area contributed by atoms with Gasteiger partial charge < -0.3 is 19.0 Å². The summed E-state index contributed by atoms with van der Waals surface area (Å²) in [6.07, 6.45) is 2.41. The minimum absolute atomic E-state index is 0.158. The fourth-order valence-electron chi connectivity index (χ4n) is 2.97. The first-order valence-corrected chi connectivity index (χ1v) is 7.58. The van der Waals surface area contributed by atoms with Crippen molar-refractivity contribution < 1.29 is 23.8 Å². The largest absolute Gasteiger partial charge is 0.493 e. The Balaban J connectivity index is 2.26. The van der Waals surface area contributed by atoms with Gasteiger partial charge in [-0.25, -0.2) is 9.59 Å². The molecule has 1 aliphatic carbocycles. The second kappa shape index (κ2) is 5.95. The number of benzene rings is 1. The lowest BCUT2D eigenvalue weighted by molar-refractivity contribution is -0.144. The summed E-state index contributed by atoms with van der Waals surface area (Å²) in [4.78, 5) is 23.4. The summed E-state index contributed by atoms with van der Waals surface area (Å²) in [6.45, 7) is 1.41. The average Bonchev–Trinajstić information content (AvgIpc) is 2.55. The molecule has 0 unspecified atom stereocenters. The van der Waals surface area contributed by atoms with Gasteiger partial charge in [0.1, 0.15) is 0 Å². The topological polar surface area (TPSA) is 86.0 Å². The van der Waals surface area contributed by atoms with Gasteiger partial charge in [-0.2, -0.15) is 0 Å². The van der Waals surface area contributed by atoms with Crippen LogP contribution in [0.3, 0.4) is 0 Å². The van der Waals surface area contributed by atoms with Crippen LogP contribution in [-0.4, -0.2) is 24.3 Å². The maximum Gasteiger partial charge on any atom is 0.344 e. The van der Waals surface area contributed by atoms with Crippen molar-refractivity contribution in [2.45, 2.75) is 38.7 Å². The van der Waals surface area contributed by atoms with Crippen molar-refractivity contribution in [3.8, 4) is 11.5 Å². The third kappa shape index (κ3) is 2.65. The molecular weight excluding hydrogens is 300 g/mol. The number of carboxylic acids is 1. The summed E-state index contributed by atoms with van der Waals surface area (Å²) in [5, 5.41) is 9.85. The van der Waals surface area contributed by atoms with Crippen LogP contribution in [0.25, 0.3) is 11.0 Å². The zero-order chi connectivity index (χ0) is 16.6. The van der Waals surface area contributed by atoms with Gasteiger partial charge in [0, 0.05) is 10.9 Å². The molecule has 1 aliphatic rings. The van der Waals surface area contributed by atoms with E-state index in [4.69, 9.17) is 19.0 Å². The van der Waals surface area contributed by atoms with Crippen LogP contribution in [0.5, 0.6) is 11.5 Å². The summed E-state index contributed by atoms with van der Waals surface area (Å²) in [5.41, 5.74) is 1.56. The molecule has 1 N–H and O–H groups in total. The van der Waals surface area contributed by atoms with E-state index in [1.54, 1.807) is 6.07 Å². The monoisotopic (exact) mass is 318 g/mol. The molecule has 0 amide bonds. The number of hydrogen-bond acceptors (Lipinski definition) is 5. The molecular formula is C17H18O6. The van der Waals surface area contributed by atoms with Crippen LogP contribution in [0.4, 0.5) is 0 Å². The summed E-state index contributed by atoms with van der Waals surface area (Å²) < 4.78 is 16.2. The molecule has 0 aliphatic heterocycles. The molecule has 0 bridgehead atoms. The molecule has 3 rings (SSSR count). The molecule has 122 valence electrons. The highest BCUT2D eigenvalue weighted by atomic mass is 16.5. The number of ether oxygens (including phenoxy) is 2. The second-order valence-electron chi connectivity index (χ2n) is 5.63. The zero-order valence-corrected chi connectivity index (χ0v) is 13.0. The highest BCUT2D eigenvalue weighted by molar-refractivity contribution is 5.89. The molecule has 2 aromatic rings. The maximum atomic E-state index is 12.3. The van der Waals surface area contributed by atoms with Crippen LogP contribution in [0.2, 0.25) is 0 Å². The molecule has 1 aromatic carbocycles. The molecule has 0 saturated heterocycles. The molecule has 0 radical (unpaired) electrons. The van der Waals surface area contributed by atoms with Crippen molar-refractivity contribution in [2.24, 2.45) is 0 Å². The van der Waals surface area contributed by atoms with Gasteiger partial charge in [-0.05, 0) is 50.3 Å². The van der Waals surface area contributed by atoms with E-state index < -0.39 is 12.1 Å². The van der Waals surface area contributed by atoms with Crippen molar-refractivity contribution in [3.63, 3.8) is 0 Å². The molecule has 0 saturated carbocycles. The van der Waals surface area contributed by atoms with Crippen molar-refractivity contribution in [1.29, 1.82) is 0 Å². The first-order chi connectivity index (χ1) is 11.0. The number of rotatable bonds is 4. The summed E-state index contributed by atoms with van der Waals surface area (Å²) in [6, 6.07) is 3.54. The van der Waals surface area contributed by atoms with Crippen molar-refractivity contribution in [3.05, 3.63) is 33.7 Å². The van der Waals surface area contributed by atoms with Gasteiger partial charge in [0.25, 0.3) is 0 Å². The molecule has 1 heterocycles. The van der Waals surface area contributed by atoms with Gasteiger partial charge in [-0.1, -0.05) is 0 Å². The molecule has 1 aromatic heterocycles. The molecule has 0 spiro atoms. The van der Waals surface area contributed by atoms with E-state index in [1.807, 2.05) is 6.07 Å². The minimum atomic E-state index is -1.11. The van der Waals surface area contributed by atoms with E-state index in [0.717, 1.165) is 30.2 Å². The lowest BCUT2D eigenvalue weighted by Gasteiger charge is -2.19. The average molecular weight is 318 g/mol. The first-order valence-electron chi connectivity index (χ1n) is 7.58. The Hall–Kier alpha value is -2.50. The summed E-state index contributed by atoms with van der Waals surface area (Å²) in [5.74, 6) is -0.612. The predicted molar refractivity (Wildman–Crippen MR) is 83.4 cm³/mol. The lowest BCUT2D eigenvalue weighted by atomic mass is 9.90. The quantitative estimate of drug-likeness (QED) is 0.872. The van der Waals surface area contributed by atoms with E-state index in [-0.39, 0.29) is 17.0 Å². The summed E-state index contributed by atoms with van der Waals surface area (Å²) >= 11 is 0. The Morgan fingerprint density at radius 1 is 1.26 bits per heavy atom. The Kier molecular flexibility index (Phi) is 3.98. The van der Waals surface area contributed by atoms with Crippen LogP contribution in [0.1, 0.15) is 30.9 Å². The summed E-state index contributed by atoms with van der Waals surface area (Å²) in [7, 11) is 1.45. The zero-order valence-electron chi connectivity index (χ0n) is 13.0. The van der Waals surface area contributed by atoms with E-state index in [9.17, 15) is 9.59 Å². The molecule has 0 fully saturated rings. The maximum absolute atomic E-state index is 12.3. The molecule has 1 atom stereocenters. The number of aryl methyl sites for hydroxylation is 1. The minimum Gasteiger partial charge on any atom is -0.493 e. The molecule has 23 heavy (non-hydrogen) atoms. The number of fused-ring (bicyclic) bond motifs is 3. The number of carbonyl (C=O) groups is 1. The fourth-order valence-corrected chi connectivity index (χ4v) is 2.97. The van der Waals surface area contributed by atoms with Gasteiger partial charge in [-0.3, -0.25) is 0 Å². The third-order valence-electron chi connectivity index (χ3n) is 4.17. The molecule has 6 heteroatoms. The first kappa shape index (κ1) is 15.4. The number of methoxy groups -OCH3 is 1.